The summed E-state index contributed by atoms with van der Waals surface area (Å²) in [6.45, 7) is 0. The van der Waals surface area contributed by atoms with Crippen LogP contribution in [0.2, 0.25) is 5.02 Å². The molecule has 1 aliphatic carbocycles. The van der Waals surface area contributed by atoms with E-state index in [-0.39, 0.29) is 11.1 Å². The number of aromatic amines is 1. The Labute approximate surface area is 121 Å². The van der Waals surface area contributed by atoms with Crippen LogP contribution in [0.5, 0.6) is 0 Å². The molecule has 3 nitrogen and oxygen atoms in total. The quantitative estimate of drug-likeness (QED) is 0.872. The normalized spacial score (nSPS) is 13.6. The van der Waals surface area contributed by atoms with Crippen molar-refractivity contribution in [3.05, 3.63) is 56.5 Å². The van der Waals surface area contributed by atoms with E-state index in [1.54, 1.807) is 12.1 Å². The van der Waals surface area contributed by atoms with Gasteiger partial charge in [-0.2, -0.15) is 5.26 Å². The van der Waals surface area contributed by atoms with Gasteiger partial charge in [0.05, 0.1) is 0 Å². The van der Waals surface area contributed by atoms with E-state index in [1.807, 2.05) is 12.1 Å². The van der Waals surface area contributed by atoms with Crippen molar-refractivity contribution >= 4 is 11.6 Å². The molecule has 1 aromatic carbocycles. The van der Waals surface area contributed by atoms with Gasteiger partial charge < -0.3 is 4.98 Å². The van der Waals surface area contributed by atoms with Gasteiger partial charge in [0.15, 0.2) is 0 Å². The second kappa shape index (κ2) is 5.15. The first-order valence-electron chi connectivity index (χ1n) is 6.65. The Morgan fingerprint density at radius 3 is 2.55 bits per heavy atom. The number of H-pyrrole nitrogens is 1. The molecule has 2 aromatic rings. The van der Waals surface area contributed by atoms with Gasteiger partial charge in [0.2, 0.25) is 0 Å². The standard InChI is InChI=1S/C16H13ClN2O/c17-11-7-5-10(6-8-11)15-12-3-1-2-4-14(12)19-16(20)13(15)9-18/h5-8H,1-4H2,(H,19,20). The van der Waals surface area contributed by atoms with E-state index >= 15 is 0 Å². The van der Waals surface area contributed by atoms with Crippen molar-refractivity contribution in [2.24, 2.45) is 0 Å². The Bertz CT molecular complexity index is 754. The number of pyridine rings is 1. The largest absolute Gasteiger partial charge is 0.325 e. The summed E-state index contributed by atoms with van der Waals surface area (Å²) in [4.78, 5) is 14.9. The molecule has 0 saturated carbocycles. The van der Waals surface area contributed by atoms with Gasteiger partial charge in [0.25, 0.3) is 5.56 Å². The summed E-state index contributed by atoms with van der Waals surface area (Å²) in [5.41, 5.74) is 3.66. The van der Waals surface area contributed by atoms with Crippen LogP contribution in [0, 0.1) is 11.3 Å². The molecule has 0 aliphatic heterocycles. The third-order valence-electron chi connectivity index (χ3n) is 3.76. The molecule has 0 radical (unpaired) electrons. The average molecular weight is 285 g/mol. The molecule has 0 amide bonds. The van der Waals surface area contributed by atoms with E-state index < -0.39 is 0 Å². The maximum atomic E-state index is 12.1. The average Bonchev–Trinajstić information content (AvgIpc) is 2.47. The number of aromatic nitrogens is 1. The minimum atomic E-state index is -0.293. The SMILES string of the molecule is N#Cc1c(-c2ccc(Cl)cc2)c2c([nH]c1=O)CCCC2. The molecule has 0 bridgehead atoms. The summed E-state index contributed by atoms with van der Waals surface area (Å²) in [7, 11) is 0. The van der Waals surface area contributed by atoms with Gasteiger partial charge in [-0.05, 0) is 48.9 Å². The smallest absolute Gasteiger partial charge is 0.266 e. The summed E-state index contributed by atoms with van der Waals surface area (Å²) < 4.78 is 0. The van der Waals surface area contributed by atoms with Crippen LogP contribution in [0.25, 0.3) is 11.1 Å². The Kier molecular flexibility index (Phi) is 3.33. The van der Waals surface area contributed by atoms with Crippen molar-refractivity contribution in [3.63, 3.8) is 0 Å². The number of rotatable bonds is 1. The number of nitrogens with one attached hydrogen (secondary N) is 1. The first kappa shape index (κ1) is 13.0. The molecule has 0 atom stereocenters. The molecule has 1 N–H and O–H groups in total. The van der Waals surface area contributed by atoms with Crippen molar-refractivity contribution in [3.8, 4) is 17.2 Å². The molecule has 100 valence electrons. The fraction of sp³-hybridized carbons (Fsp3) is 0.250. The van der Waals surface area contributed by atoms with E-state index in [1.165, 1.54) is 0 Å². The lowest BCUT2D eigenvalue weighted by molar-refractivity contribution is 0.666. The molecule has 1 heterocycles. The maximum absolute atomic E-state index is 12.1. The number of benzene rings is 1. The van der Waals surface area contributed by atoms with Gasteiger partial charge in [0, 0.05) is 16.3 Å². The van der Waals surface area contributed by atoms with E-state index in [4.69, 9.17) is 11.6 Å². The molecule has 4 heteroatoms. The molecule has 3 rings (SSSR count). The van der Waals surface area contributed by atoms with Gasteiger partial charge in [-0.15, -0.1) is 0 Å². The van der Waals surface area contributed by atoms with Crippen LogP contribution in [0.4, 0.5) is 0 Å². The Morgan fingerprint density at radius 1 is 1.15 bits per heavy atom. The highest BCUT2D eigenvalue weighted by molar-refractivity contribution is 6.30. The zero-order valence-electron chi connectivity index (χ0n) is 10.9. The van der Waals surface area contributed by atoms with E-state index in [9.17, 15) is 10.1 Å². The third-order valence-corrected chi connectivity index (χ3v) is 4.01. The lowest BCUT2D eigenvalue weighted by atomic mass is 9.87. The highest BCUT2D eigenvalue weighted by Crippen LogP contribution is 2.32. The minimum Gasteiger partial charge on any atom is -0.325 e. The molecule has 0 saturated heterocycles. The fourth-order valence-electron chi connectivity index (χ4n) is 2.82. The van der Waals surface area contributed by atoms with E-state index in [2.05, 4.69) is 11.1 Å². The molecule has 1 aromatic heterocycles. The van der Waals surface area contributed by atoms with Crippen molar-refractivity contribution < 1.29 is 0 Å². The Hall–Kier alpha value is -2.05. The Morgan fingerprint density at radius 2 is 1.85 bits per heavy atom. The second-order valence-electron chi connectivity index (χ2n) is 4.99. The molecule has 0 spiro atoms. The predicted octanol–water partition coefficient (Wildman–Crippen LogP) is 3.45. The van der Waals surface area contributed by atoms with Crippen molar-refractivity contribution in [1.29, 1.82) is 5.26 Å². The predicted molar refractivity (Wildman–Crippen MR) is 78.9 cm³/mol. The third kappa shape index (κ3) is 2.13. The number of aryl methyl sites for hydroxylation is 1. The number of fused-ring (bicyclic) bond motifs is 1. The summed E-state index contributed by atoms with van der Waals surface area (Å²) in [6.07, 6.45) is 3.94. The van der Waals surface area contributed by atoms with Crippen molar-refractivity contribution in [2.45, 2.75) is 25.7 Å². The first-order chi connectivity index (χ1) is 9.70. The lowest BCUT2D eigenvalue weighted by Gasteiger charge is -2.20. The van der Waals surface area contributed by atoms with E-state index in [0.717, 1.165) is 48.1 Å². The summed E-state index contributed by atoms with van der Waals surface area (Å²) in [5, 5.41) is 9.97. The van der Waals surface area contributed by atoms with Crippen LogP contribution >= 0.6 is 11.6 Å². The molecule has 20 heavy (non-hydrogen) atoms. The number of nitriles is 1. The molecule has 0 fully saturated rings. The van der Waals surface area contributed by atoms with Crippen LogP contribution in [-0.2, 0) is 12.8 Å². The minimum absolute atomic E-state index is 0.202. The molecule has 0 unspecified atom stereocenters. The highest BCUT2D eigenvalue weighted by Gasteiger charge is 2.20. The van der Waals surface area contributed by atoms with Gasteiger partial charge in [-0.1, -0.05) is 23.7 Å². The van der Waals surface area contributed by atoms with Crippen LogP contribution < -0.4 is 5.56 Å². The van der Waals surface area contributed by atoms with E-state index in [0.29, 0.717) is 5.02 Å². The van der Waals surface area contributed by atoms with Crippen LogP contribution in [-0.4, -0.2) is 4.98 Å². The van der Waals surface area contributed by atoms with Crippen molar-refractivity contribution in [1.82, 2.24) is 4.98 Å². The van der Waals surface area contributed by atoms with Gasteiger partial charge in [-0.25, -0.2) is 0 Å². The monoisotopic (exact) mass is 284 g/mol. The Balaban J connectivity index is 2.32. The van der Waals surface area contributed by atoms with Crippen LogP contribution in [0.3, 0.4) is 0 Å². The maximum Gasteiger partial charge on any atom is 0.266 e. The summed E-state index contributed by atoms with van der Waals surface area (Å²) in [6, 6.07) is 9.36. The molecule has 1 aliphatic rings. The van der Waals surface area contributed by atoms with Crippen LogP contribution in [0.1, 0.15) is 29.7 Å². The zero-order valence-corrected chi connectivity index (χ0v) is 11.6. The number of hydrogen-bond donors (Lipinski definition) is 1. The number of hydrogen-bond acceptors (Lipinski definition) is 2. The molecular weight excluding hydrogens is 272 g/mol. The number of halogens is 1. The van der Waals surface area contributed by atoms with Crippen molar-refractivity contribution in [2.75, 3.05) is 0 Å². The summed E-state index contributed by atoms with van der Waals surface area (Å²) in [5.74, 6) is 0. The topological polar surface area (TPSA) is 56.6 Å². The number of nitrogens with zero attached hydrogens (tertiary/aromatic N) is 1. The molecular formula is C16H13ClN2O. The zero-order chi connectivity index (χ0) is 14.1. The summed E-state index contributed by atoms with van der Waals surface area (Å²) >= 11 is 5.91. The van der Waals surface area contributed by atoms with Gasteiger partial charge >= 0.3 is 0 Å². The highest BCUT2D eigenvalue weighted by atomic mass is 35.5. The van der Waals surface area contributed by atoms with Crippen LogP contribution in [0.15, 0.2) is 29.1 Å². The van der Waals surface area contributed by atoms with Gasteiger partial charge in [0.1, 0.15) is 11.6 Å². The lowest BCUT2D eigenvalue weighted by Crippen LogP contribution is -2.20. The first-order valence-corrected chi connectivity index (χ1v) is 7.02. The second-order valence-corrected chi connectivity index (χ2v) is 5.42. The van der Waals surface area contributed by atoms with Gasteiger partial charge in [-0.3, -0.25) is 4.79 Å². The fourth-order valence-corrected chi connectivity index (χ4v) is 2.95.